The summed E-state index contributed by atoms with van der Waals surface area (Å²) in [6.45, 7) is 2.01. The molecule has 2 unspecified atom stereocenters. The first-order valence-corrected chi connectivity index (χ1v) is 4.44. The van der Waals surface area contributed by atoms with Gasteiger partial charge in [-0.25, -0.2) is 0 Å². The maximum absolute atomic E-state index is 9.70. The van der Waals surface area contributed by atoms with Crippen molar-refractivity contribution in [1.29, 1.82) is 0 Å². The number of fused-ring (bicyclic) bond motifs is 1. The Morgan fingerprint density at radius 2 is 2.23 bits per heavy atom. The van der Waals surface area contributed by atoms with Crippen molar-refractivity contribution in [3.8, 4) is 5.75 Å². The first-order valence-electron chi connectivity index (χ1n) is 4.44. The van der Waals surface area contributed by atoms with Gasteiger partial charge in [0, 0.05) is 23.4 Å². The smallest absolute Gasteiger partial charge is 0.117 e. The predicted molar refractivity (Wildman–Crippen MR) is 50.8 cm³/mol. The maximum atomic E-state index is 9.70. The number of rotatable bonds is 0. The maximum Gasteiger partial charge on any atom is 0.117 e. The van der Waals surface area contributed by atoms with Crippen molar-refractivity contribution >= 4 is 5.69 Å². The van der Waals surface area contributed by atoms with E-state index in [1.807, 2.05) is 6.92 Å². The fourth-order valence-corrected chi connectivity index (χ4v) is 1.75. The van der Waals surface area contributed by atoms with Gasteiger partial charge in [-0.05, 0) is 19.4 Å². The molecule has 3 nitrogen and oxygen atoms in total. The van der Waals surface area contributed by atoms with Gasteiger partial charge in [0.15, 0.2) is 0 Å². The summed E-state index contributed by atoms with van der Waals surface area (Å²) in [4.78, 5) is 0. The van der Waals surface area contributed by atoms with Crippen molar-refractivity contribution in [1.82, 2.24) is 0 Å². The molecule has 0 aromatic heterocycles. The lowest BCUT2D eigenvalue weighted by molar-refractivity contribution is 0.158. The normalized spacial score (nSPS) is 26.3. The minimum Gasteiger partial charge on any atom is -0.508 e. The van der Waals surface area contributed by atoms with Gasteiger partial charge in [-0.3, -0.25) is 0 Å². The lowest BCUT2D eigenvalue weighted by Crippen LogP contribution is -2.24. The second kappa shape index (κ2) is 2.92. The van der Waals surface area contributed by atoms with Crippen molar-refractivity contribution in [3.05, 3.63) is 23.8 Å². The van der Waals surface area contributed by atoms with Crippen LogP contribution in [0.25, 0.3) is 0 Å². The Kier molecular flexibility index (Phi) is 1.88. The molecule has 0 saturated heterocycles. The molecule has 0 radical (unpaired) electrons. The van der Waals surface area contributed by atoms with Gasteiger partial charge >= 0.3 is 0 Å². The molecule has 1 aliphatic heterocycles. The van der Waals surface area contributed by atoms with Gasteiger partial charge in [-0.1, -0.05) is 6.07 Å². The molecule has 0 amide bonds. The van der Waals surface area contributed by atoms with Crippen molar-refractivity contribution in [2.75, 3.05) is 5.32 Å². The molecule has 0 fully saturated rings. The molecular formula is C10H13NO2. The summed E-state index contributed by atoms with van der Waals surface area (Å²) in [5, 5.41) is 22.2. The molecular weight excluding hydrogens is 166 g/mol. The molecule has 1 aromatic rings. The van der Waals surface area contributed by atoms with Crippen LogP contribution in [0, 0.1) is 0 Å². The topological polar surface area (TPSA) is 52.5 Å². The average Bonchev–Trinajstić information content (AvgIpc) is 2.02. The molecule has 1 aliphatic rings. The molecule has 2 rings (SSSR count). The highest BCUT2D eigenvalue weighted by atomic mass is 16.3. The third-order valence-corrected chi connectivity index (χ3v) is 2.37. The minimum absolute atomic E-state index is 0.229. The Morgan fingerprint density at radius 1 is 1.46 bits per heavy atom. The van der Waals surface area contributed by atoms with Crippen molar-refractivity contribution in [2.45, 2.75) is 25.5 Å². The molecule has 3 N–H and O–H groups in total. The number of aliphatic hydroxyl groups excluding tert-OH is 1. The summed E-state index contributed by atoms with van der Waals surface area (Å²) < 4.78 is 0. The van der Waals surface area contributed by atoms with Crippen molar-refractivity contribution < 1.29 is 10.2 Å². The number of phenols is 1. The Hall–Kier alpha value is -1.22. The molecule has 70 valence electrons. The molecule has 3 heteroatoms. The zero-order valence-electron chi connectivity index (χ0n) is 7.49. The van der Waals surface area contributed by atoms with Crippen LogP contribution < -0.4 is 5.32 Å². The first-order chi connectivity index (χ1) is 6.16. The Morgan fingerprint density at radius 3 is 3.00 bits per heavy atom. The van der Waals surface area contributed by atoms with E-state index in [4.69, 9.17) is 0 Å². The van der Waals surface area contributed by atoms with E-state index in [1.54, 1.807) is 18.2 Å². The van der Waals surface area contributed by atoms with Gasteiger partial charge in [0.2, 0.25) is 0 Å². The SMILES string of the molecule is CC1CC(O)c2ccc(O)cc2N1. The second-order valence-corrected chi connectivity index (χ2v) is 3.57. The number of benzene rings is 1. The van der Waals surface area contributed by atoms with Crippen LogP contribution in [0.1, 0.15) is 25.0 Å². The van der Waals surface area contributed by atoms with Gasteiger partial charge in [0.1, 0.15) is 5.75 Å². The highest BCUT2D eigenvalue weighted by Gasteiger charge is 2.21. The third-order valence-electron chi connectivity index (χ3n) is 2.37. The zero-order valence-corrected chi connectivity index (χ0v) is 7.49. The third kappa shape index (κ3) is 1.47. The molecule has 13 heavy (non-hydrogen) atoms. The number of anilines is 1. The molecule has 0 aliphatic carbocycles. The molecule has 1 heterocycles. The van der Waals surface area contributed by atoms with Crippen molar-refractivity contribution in [2.24, 2.45) is 0 Å². The first kappa shape index (κ1) is 8.38. The van der Waals surface area contributed by atoms with Gasteiger partial charge in [-0.15, -0.1) is 0 Å². The standard InChI is InChI=1S/C10H13NO2/c1-6-4-10(13)8-3-2-7(12)5-9(8)11-6/h2-3,5-6,10-13H,4H2,1H3. The minimum atomic E-state index is -0.410. The fourth-order valence-electron chi connectivity index (χ4n) is 1.75. The highest BCUT2D eigenvalue weighted by molar-refractivity contribution is 5.58. The number of nitrogens with one attached hydrogen (secondary N) is 1. The van der Waals surface area contributed by atoms with E-state index in [0.29, 0.717) is 0 Å². The van der Waals surface area contributed by atoms with E-state index in [9.17, 15) is 10.2 Å². The highest BCUT2D eigenvalue weighted by Crippen LogP contribution is 2.34. The molecule has 0 spiro atoms. The van der Waals surface area contributed by atoms with E-state index in [2.05, 4.69) is 5.32 Å². The van der Waals surface area contributed by atoms with Gasteiger partial charge in [-0.2, -0.15) is 0 Å². The van der Waals surface area contributed by atoms with Crippen molar-refractivity contribution in [3.63, 3.8) is 0 Å². The number of hydrogen-bond acceptors (Lipinski definition) is 3. The average molecular weight is 179 g/mol. The molecule has 0 saturated carbocycles. The second-order valence-electron chi connectivity index (χ2n) is 3.57. The van der Waals surface area contributed by atoms with Crippen LogP contribution in [-0.4, -0.2) is 16.3 Å². The number of hydrogen-bond donors (Lipinski definition) is 3. The predicted octanol–water partition coefficient (Wildman–Crippen LogP) is 1.63. The van der Waals surface area contributed by atoms with E-state index in [0.717, 1.165) is 17.7 Å². The molecule has 0 bridgehead atoms. The summed E-state index contributed by atoms with van der Waals surface area (Å²) in [6.07, 6.45) is 0.310. The number of aromatic hydroxyl groups is 1. The Labute approximate surface area is 77.0 Å². The van der Waals surface area contributed by atoms with Gasteiger partial charge < -0.3 is 15.5 Å². The quantitative estimate of drug-likeness (QED) is 0.567. The van der Waals surface area contributed by atoms with Crippen LogP contribution in [0.4, 0.5) is 5.69 Å². The number of phenolic OH excluding ortho intramolecular Hbond substituents is 1. The van der Waals surface area contributed by atoms with Crippen LogP contribution in [0.15, 0.2) is 18.2 Å². The van der Waals surface area contributed by atoms with Crippen LogP contribution in [0.3, 0.4) is 0 Å². The lowest BCUT2D eigenvalue weighted by Gasteiger charge is -2.28. The lowest BCUT2D eigenvalue weighted by atomic mass is 9.96. The number of aliphatic hydroxyl groups is 1. The van der Waals surface area contributed by atoms with Crippen LogP contribution in [-0.2, 0) is 0 Å². The molecule has 2 atom stereocenters. The summed E-state index contributed by atoms with van der Waals surface area (Å²) in [7, 11) is 0. The van der Waals surface area contributed by atoms with E-state index in [1.165, 1.54) is 0 Å². The monoisotopic (exact) mass is 179 g/mol. The largest absolute Gasteiger partial charge is 0.508 e. The van der Waals surface area contributed by atoms with E-state index >= 15 is 0 Å². The Bertz CT molecular complexity index is 325. The van der Waals surface area contributed by atoms with E-state index < -0.39 is 6.10 Å². The molecule has 1 aromatic carbocycles. The summed E-state index contributed by atoms with van der Waals surface area (Å²) in [5.41, 5.74) is 1.71. The van der Waals surface area contributed by atoms with Crippen LogP contribution in [0.5, 0.6) is 5.75 Å². The van der Waals surface area contributed by atoms with Crippen LogP contribution in [0.2, 0.25) is 0 Å². The van der Waals surface area contributed by atoms with Gasteiger partial charge in [0.25, 0.3) is 0 Å². The summed E-state index contributed by atoms with van der Waals surface area (Å²) in [6, 6.07) is 5.26. The summed E-state index contributed by atoms with van der Waals surface area (Å²) in [5.74, 6) is 0.229. The Balaban J connectivity index is 2.43. The fraction of sp³-hybridized carbons (Fsp3) is 0.400. The summed E-state index contributed by atoms with van der Waals surface area (Å²) >= 11 is 0. The van der Waals surface area contributed by atoms with E-state index in [-0.39, 0.29) is 11.8 Å². The van der Waals surface area contributed by atoms with Gasteiger partial charge in [0.05, 0.1) is 6.10 Å². The van der Waals surface area contributed by atoms with Crippen LogP contribution >= 0.6 is 0 Å². The zero-order chi connectivity index (χ0) is 9.42.